The summed E-state index contributed by atoms with van der Waals surface area (Å²) in [5, 5.41) is 9.10. The van der Waals surface area contributed by atoms with E-state index in [2.05, 4.69) is 9.97 Å². The first-order chi connectivity index (χ1) is 6.66. The van der Waals surface area contributed by atoms with Gasteiger partial charge in [0.15, 0.2) is 0 Å². The van der Waals surface area contributed by atoms with E-state index in [4.69, 9.17) is 10.8 Å². The molecule has 0 amide bonds. The Morgan fingerprint density at radius 2 is 2.21 bits per heavy atom. The number of aromatic hydroxyl groups is 1. The molecule has 1 heterocycles. The molecule has 4 nitrogen and oxygen atoms in total. The number of H-pyrrole nitrogens is 1. The molecular formula is C10H11N3O. The van der Waals surface area contributed by atoms with Crippen LogP contribution in [0.15, 0.2) is 24.4 Å². The van der Waals surface area contributed by atoms with E-state index in [1.165, 1.54) is 6.20 Å². The smallest absolute Gasteiger partial charge is 0.208 e. The standard InChI is InChI=1S/C10H11N3O/c1-6-4-7(2-3-8(6)11)10-12-5-9(14)13-10/h2-5,14H,11H2,1H3,(H,12,13). The molecule has 0 unspecified atom stereocenters. The lowest BCUT2D eigenvalue weighted by atomic mass is 10.1. The summed E-state index contributed by atoms with van der Waals surface area (Å²) in [6.07, 6.45) is 1.38. The maximum atomic E-state index is 9.10. The Balaban J connectivity index is 2.47. The average Bonchev–Trinajstić information content (AvgIpc) is 2.57. The van der Waals surface area contributed by atoms with Crippen LogP contribution in [0.4, 0.5) is 5.69 Å². The lowest BCUT2D eigenvalue weighted by Gasteiger charge is -2.01. The third-order valence-corrected chi connectivity index (χ3v) is 2.11. The Morgan fingerprint density at radius 3 is 2.79 bits per heavy atom. The molecule has 0 aliphatic rings. The fourth-order valence-electron chi connectivity index (χ4n) is 1.28. The predicted molar refractivity (Wildman–Crippen MR) is 54.8 cm³/mol. The topological polar surface area (TPSA) is 74.9 Å². The van der Waals surface area contributed by atoms with Crippen LogP contribution in [0.3, 0.4) is 0 Å². The second-order valence-electron chi connectivity index (χ2n) is 3.19. The van der Waals surface area contributed by atoms with Crippen molar-refractivity contribution < 1.29 is 5.11 Å². The van der Waals surface area contributed by atoms with Gasteiger partial charge in [0, 0.05) is 11.3 Å². The first kappa shape index (κ1) is 8.62. The lowest BCUT2D eigenvalue weighted by Crippen LogP contribution is -1.90. The molecule has 0 bridgehead atoms. The first-order valence-electron chi connectivity index (χ1n) is 4.27. The zero-order valence-corrected chi connectivity index (χ0v) is 7.78. The third-order valence-electron chi connectivity index (χ3n) is 2.11. The van der Waals surface area contributed by atoms with Crippen molar-refractivity contribution in [3.05, 3.63) is 30.0 Å². The molecule has 0 fully saturated rings. The molecule has 0 spiro atoms. The Morgan fingerprint density at radius 1 is 1.43 bits per heavy atom. The van der Waals surface area contributed by atoms with Gasteiger partial charge in [0.25, 0.3) is 0 Å². The highest BCUT2D eigenvalue weighted by atomic mass is 16.3. The SMILES string of the molecule is Cc1cc(-c2ncc(O)[nH]2)ccc1N. The Bertz CT molecular complexity index is 462. The number of benzene rings is 1. The molecular weight excluding hydrogens is 178 g/mol. The predicted octanol–water partition coefficient (Wildman–Crippen LogP) is 1.67. The summed E-state index contributed by atoms with van der Waals surface area (Å²) in [5.74, 6) is 0.708. The molecule has 4 heteroatoms. The Kier molecular flexibility index (Phi) is 1.89. The molecule has 2 aromatic rings. The highest BCUT2D eigenvalue weighted by Gasteiger charge is 2.03. The van der Waals surface area contributed by atoms with Crippen LogP contribution >= 0.6 is 0 Å². The maximum Gasteiger partial charge on any atom is 0.208 e. The second kappa shape index (κ2) is 3.06. The first-order valence-corrected chi connectivity index (χ1v) is 4.27. The number of rotatable bonds is 1. The number of aromatic nitrogens is 2. The zero-order chi connectivity index (χ0) is 10.1. The largest absolute Gasteiger partial charge is 0.493 e. The van der Waals surface area contributed by atoms with Crippen LogP contribution in [0.1, 0.15) is 5.56 Å². The summed E-state index contributed by atoms with van der Waals surface area (Å²) in [5.41, 5.74) is 8.36. The number of anilines is 1. The van der Waals surface area contributed by atoms with E-state index in [1.807, 2.05) is 25.1 Å². The van der Waals surface area contributed by atoms with Crippen molar-refractivity contribution in [1.82, 2.24) is 9.97 Å². The van der Waals surface area contributed by atoms with Crippen LogP contribution in [0.2, 0.25) is 0 Å². The summed E-state index contributed by atoms with van der Waals surface area (Å²) in [4.78, 5) is 6.75. The van der Waals surface area contributed by atoms with Gasteiger partial charge in [-0.2, -0.15) is 0 Å². The van der Waals surface area contributed by atoms with E-state index >= 15 is 0 Å². The number of nitrogens with zero attached hydrogens (tertiary/aromatic N) is 1. The molecule has 0 saturated heterocycles. The van der Waals surface area contributed by atoms with Crippen molar-refractivity contribution in [3.63, 3.8) is 0 Å². The number of nitrogens with two attached hydrogens (primary N) is 1. The minimum absolute atomic E-state index is 0.0643. The van der Waals surface area contributed by atoms with Gasteiger partial charge in [-0.1, -0.05) is 0 Å². The Labute approximate surface area is 81.4 Å². The van der Waals surface area contributed by atoms with E-state index in [0.717, 1.165) is 16.8 Å². The van der Waals surface area contributed by atoms with E-state index in [-0.39, 0.29) is 5.88 Å². The minimum Gasteiger partial charge on any atom is -0.493 e. The van der Waals surface area contributed by atoms with Crippen LogP contribution in [-0.2, 0) is 0 Å². The molecule has 72 valence electrons. The molecule has 2 rings (SSSR count). The lowest BCUT2D eigenvalue weighted by molar-refractivity contribution is 0.457. The highest BCUT2D eigenvalue weighted by Crippen LogP contribution is 2.21. The van der Waals surface area contributed by atoms with Crippen LogP contribution < -0.4 is 5.73 Å². The third kappa shape index (κ3) is 1.42. The van der Waals surface area contributed by atoms with Crippen molar-refractivity contribution >= 4 is 5.69 Å². The molecule has 4 N–H and O–H groups in total. The van der Waals surface area contributed by atoms with Gasteiger partial charge in [0.2, 0.25) is 5.88 Å². The summed E-state index contributed by atoms with van der Waals surface area (Å²) >= 11 is 0. The van der Waals surface area contributed by atoms with Gasteiger partial charge in [-0.25, -0.2) is 4.98 Å². The zero-order valence-electron chi connectivity index (χ0n) is 7.78. The van der Waals surface area contributed by atoms with Crippen molar-refractivity contribution in [3.8, 4) is 17.3 Å². The molecule has 14 heavy (non-hydrogen) atoms. The van der Waals surface area contributed by atoms with E-state index in [0.29, 0.717) is 5.82 Å². The number of hydrogen-bond acceptors (Lipinski definition) is 3. The molecule has 0 saturated carbocycles. The number of nitrogen functional groups attached to an aromatic ring is 1. The van der Waals surface area contributed by atoms with Gasteiger partial charge >= 0.3 is 0 Å². The normalized spacial score (nSPS) is 10.4. The number of aromatic amines is 1. The van der Waals surface area contributed by atoms with Crippen LogP contribution in [0.25, 0.3) is 11.4 Å². The van der Waals surface area contributed by atoms with E-state index in [9.17, 15) is 0 Å². The van der Waals surface area contributed by atoms with Gasteiger partial charge in [0.1, 0.15) is 5.82 Å². The van der Waals surface area contributed by atoms with Gasteiger partial charge < -0.3 is 15.8 Å². The number of nitrogens with one attached hydrogen (secondary N) is 1. The van der Waals surface area contributed by atoms with Crippen molar-refractivity contribution in [2.75, 3.05) is 5.73 Å². The van der Waals surface area contributed by atoms with Crippen LogP contribution in [0.5, 0.6) is 5.88 Å². The molecule has 1 aromatic heterocycles. The van der Waals surface area contributed by atoms with Crippen molar-refractivity contribution in [2.24, 2.45) is 0 Å². The van der Waals surface area contributed by atoms with Crippen LogP contribution in [0, 0.1) is 6.92 Å². The minimum atomic E-state index is 0.0643. The Hall–Kier alpha value is -1.97. The summed E-state index contributed by atoms with van der Waals surface area (Å²) in [7, 11) is 0. The maximum absolute atomic E-state index is 9.10. The van der Waals surface area contributed by atoms with E-state index < -0.39 is 0 Å². The van der Waals surface area contributed by atoms with Gasteiger partial charge in [0.05, 0.1) is 6.20 Å². The number of hydrogen-bond donors (Lipinski definition) is 3. The summed E-state index contributed by atoms with van der Waals surface area (Å²) in [6, 6.07) is 5.61. The fourth-order valence-corrected chi connectivity index (χ4v) is 1.28. The second-order valence-corrected chi connectivity index (χ2v) is 3.19. The molecule has 0 aliphatic heterocycles. The van der Waals surface area contributed by atoms with E-state index in [1.54, 1.807) is 0 Å². The molecule has 0 atom stereocenters. The number of aryl methyl sites for hydroxylation is 1. The quantitative estimate of drug-likeness (QED) is 0.597. The summed E-state index contributed by atoms with van der Waals surface area (Å²) in [6.45, 7) is 1.93. The fraction of sp³-hybridized carbons (Fsp3) is 0.100. The molecule has 0 radical (unpaired) electrons. The monoisotopic (exact) mass is 189 g/mol. The molecule has 1 aromatic carbocycles. The van der Waals surface area contributed by atoms with Gasteiger partial charge in [-0.05, 0) is 30.7 Å². The number of imidazole rings is 1. The molecule has 0 aliphatic carbocycles. The van der Waals surface area contributed by atoms with Gasteiger partial charge in [-0.3, -0.25) is 0 Å². The van der Waals surface area contributed by atoms with Crippen molar-refractivity contribution in [2.45, 2.75) is 6.92 Å². The summed E-state index contributed by atoms with van der Waals surface area (Å²) < 4.78 is 0. The average molecular weight is 189 g/mol. The van der Waals surface area contributed by atoms with Gasteiger partial charge in [-0.15, -0.1) is 0 Å². The highest BCUT2D eigenvalue weighted by molar-refractivity contribution is 5.62. The van der Waals surface area contributed by atoms with Crippen molar-refractivity contribution in [1.29, 1.82) is 0 Å². The van der Waals surface area contributed by atoms with Crippen LogP contribution in [-0.4, -0.2) is 15.1 Å².